The van der Waals surface area contributed by atoms with Crippen LogP contribution in [0.25, 0.3) is 16.6 Å². The average molecular weight is 401 g/mol. The van der Waals surface area contributed by atoms with Crippen molar-refractivity contribution in [2.45, 2.75) is 39.5 Å². The second-order valence-electron chi connectivity index (χ2n) is 7.71. The van der Waals surface area contributed by atoms with Crippen molar-refractivity contribution in [2.24, 2.45) is 10.9 Å². The van der Waals surface area contributed by atoms with E-state index in [-0.39, 0.29) is 5.95 Å². The Kier molecular flexibility index (Phi) is 4.80. The topological polar surface area (TPSA) is 54.6 Å². The molecule has 0 spiro atoms. The number of hydrogen-bond donors (Lipinski definition) is 1. The minimum absolute atomic E-state index is 0.130. The molecule has 3 aromatic rings. The van der Waals surface area contributed by atoms with Gasteiger partial charge in [0.15, 0.2) is 0 Å². The molecule has 0 amide bonds. The van der Waals surface area contributed by atoms with E-state index in [1.54, 1.807) is 23.0 Å². The average Bonchev–Trinajstić information content (AvgIpc) is 3.44. The Hall–Kier alpha value is -2.90. The van der Waals surface area contributed by atoms with Crippen LogP contribution in [0.5, 0.6) is 0 Å². The highest BCUT2D eigenvalue weighted by atomic mass is 19.3. The molecule has 0 saturated heterocycles. The summed E-state index contributed by atoms with van der Waals surface area (Å²) in [7, 11) is 0. The fourth-order valence-electron chi connectivity index (χ4n) is 3.33. The van der Waals surface area contributed by atoms with Gasteiger partial charge in [0, 0.05) is 23.4 Å². The standard InChI is InChI=1S/C21H22F3N5/c1-12(2)27-19-13(3)8-14(9-17(19)22)16-6-7-29-18(16)10-25-20(28-29)26-11-21(23,24)15-4-5-15/h6-10,15H,4-5,11H2,1-3H3,(H,26,28). The van der Waals surface area contributed by atoms with Crippen molar-refractivity contribution >= 4 is 22.9 Å². The highest BCUT2D eigenvalue weighted by molar-refractivity contribution is 5.85. The summed E-state index contributed by atoms with van der Waals surface area (Å²) in [6.45, 7) is 4.96. The first-order chi connectivity index (χ1) is 13.7. The van der Waals surface area contributed by atoms with Crippen molar-refractivity contribution in [2.75, 3.05) is 11.9 Å². The first-order valence-corrected chi connectivity index (χ1v) is 9.53. The summed E-state index contributed by atoms with van der Waals surface area (Å²) in [6, 6.07) is 5.10. The molecule has 2 aromatic heterocycles. The van der Waals surface area contributed by atoms with Gasteiger partial charge in [-0.2, -0.15) is 0 Å². The SMILES string of the molecule is CC(C)=Nc1c(C)cc(-c2ccn3nc(NCC(F)(F)C4CC4)ncc23)cc1F. The molecule has 0 radical (unpaired) electrons. The van der Waals surface area contributed by atoms with Gasteiger partial charge in [-0.25, -0.2) is 22.7 Å². The quantitative estimate of drug-likeness (QED) is 0.562. The van der Waals surface area contributed by atoms with Crippen LogP contribution in [0.3, 0.4) is 0 Å². The number of aromatic nitrogens is 3. The van der Waals surface area contributed by atoms with E-state index in [0.717, 1.165) is 16.8 Å². The number of aliphatic imine (C=N–C) groups is 1. The lowest BCUT2D eigenvalue weighted by atomic mass is 10.0. The van der Waals surface area contributed by atoms with Crippen LogP contribution >= 0.6 is 0 Å². The minimum Gasteiger partial charge on any atom is -0.347 e. The van der Waals surface area contributed by atoms with Crippen LogP contribution in [-0.2, 0) is 0 Å². The van der Waals surface area contributed by atoms with Crippen molar-refractivity contribution in [1.82, 2.24) is 14.6 Å². The molecule has 5 nitrogen and oxygen atoms in total. The number of hydrogen-bond acceptors (Lipinski definition) is 4. The lowest BCUT2D eigenvalue weighted by Crippen LogP contribution is -2.30. The zero-order valence-electron chi connectivity index (χ0n) is 16.5. The molecular weight excluding hydrogens is 379 g/mol. The first kappa shape index (κ1) is 19.4. The Morgan fingerprint density at radius 2 is 2.07 bits per heavy atom. The van der Waals surface area contributed by atoms with E-state index < -0.39 is 24.2 Å². The van der Waals surface area contributed by atoms with Gasteiger partial charge >= 0.3 is 0 Å². The molecule has 1 N–H and O–H groups in total. The molecule has 1 aliphatic rings. The van der Waals surface area contributed by atoms with Crippen LogP contribution in [0.4, 0.5) is 24.8 Å². The van der Waals surface area contributed by atoms with Crippen LogP contribution in [0, 0.1) is 18.7 Å². The van der Waals surface area contributed by atoms with E-state index >= 15 is 0 Å². The zero-order chi connectivity index (χ0) is 20.8. The van der Waals surface area contributed by atoms with E-state index in [1.807, 2.05) is 26.8 Å². The van der Waals surface area contributed by atoms with Gasteiger partial charge in [-0.1, -0.05) is 0 Å². The number of nitrogens with one attached hydrogen (secondary N) is 1. The van der Waals surface area contributed by atoms with Crippen molar-refractivity contribution in [3.63, 3.8) is 0 Å². The van der Waals surface area contributed by atoms with Crippen LogP contribution in [0.15, 0.2) is 35.6 Å². The van der Waals surface area contributed by atoms with E-state index in [4.69, 9.17) is 0 Å². The maximum absolute atomic E-state index is 14.6. The van der Waals surface area contributed by atoms with Crippen molar-refractivity contribution in [3.8, 4) is 11.1 Å². The normalized spacial score (nSPS) is 14.3. The molecule has 1 saturated carbocycles. The molecule has 2 heterocycles. The van der Waals surface area contributed by atoms with Crippen LogP contribution in [0.2, 0.25) is 0 Å². The van der Waals surface area contributed by atoms with Gasteiger partial charge < -0.3 is 5.32 Å². The lowest BCUT2D eigenvalue weighted by Gasteiger charge is -2.15. The van der Waals surface area contributed by atoms with Gasteiger partial charge in [0.1, 0.15) is 11.5 Å². The number of nitrogens with zero attached hydrogens (tertiary/aromatic N) is 4. The molecule has 29 heavy (non-hydrogen) atoms. The van der Waals surface area contributed by atoms with E-state index in [9.17, 15) is 13.2 Å². The predicted octanol–water partition coefficient (Wildman–Crippen LogP) is 5.41. The third-order valence-corrected chi connectivity index (χ3v) is 4.97. The molecule has 0 unspecified atom stereocenters. The van der Waals surface area contributed by atoms with E-state index in [2.05, 4.69) is 20.4 Å². The Morgan fingerprint density at radius 3 is 2.72 bits per heavy atom. The van der Waals surface area contributed by atoms with Gasteiger partial charge in [0.05, 0.1) is 18.3 Å². The molecule has 1 aliphatic carbocycles. The highest BCUT2D eigenvalue weighted by Crippen LogP contribution is 2.43. The van der Waals surface area contributed by atoms with Crippen molar-refractivity contribution in [1.29, 1.82) is 0 Å². The number of halogens is 3. The molecule has 0 bridgehead atoms. The third-order valence-electron chi connectivity index (χ3n) is 4.97. The maximum Gasteiger partial charge on any atom is 0.267 e. The smallest absolute Gasteiger partial charge is 0.267 e. The summed E-state index contributed by atoms with van der Waals surface area (Å²) in [5, 5.41) is 6.87. The predicted molar refractivity (Wildman–Crippen MR) is 108 cm³/mol. The summed E-state index contributed by atoms with van der Waals surface area (Å²) in [5.41, 5.74) is 3.92. The second-order valence-corrected chi connectivity index (χ2v) is 7.71. The van der Waals surface area contributed by atoms with E-state index in [1.165, 1.54) is 6.07 Å². The number of alkyl halides is 2. The number of aryl methyl sites for hydroxylation is 1. The molecule has 1 fully saturated rings. The van der Waals surface area contributed by atoms with Gasteiger partial charge in [0.2, 0.25) is 5.95 Å². The number of anilines is 1. The molecule has 0 atom stereocenters. The van der Waals surface area contributed by atoms with Gasteiger partial charge in [-0.15, -0.1) is 5.10 Å². The first-order valence-electron chi connectivity index (χ1n) is 9.53. The minimum atomic E-state index is -2.75. The molecule has 1 aromatic carbocycles. The molecule has 8 heteroatoms. The Balaban J connectivity index is 1.62. The molecule has 152 valence electrons. The summed E-state index contributed by atoms with van der Waals surface area (Å²) in [5.74, 6) is -3.57. The second kappa shape index (κ2) is 7.17. The fourth-order valence-corrected chi connectivity index (χ4v) is 3.33. The Morgan fingerprint density at radius 1 is 1.31 bits per heavy atom. The van der Waals surface area contributed by atoms with Crippen LogP contribution in [0.1, 0.15) is 32.3 Å². The lowest BCUT2D eigenvalue weighted by molar-refractivity contribution is -0.00833. The van der Waals surface area contributed by atoms with Crippen LogP contribution in [-0.4, -0.2) is 32.8 Å². The molecular formula is C21H22F3N5. The molecule has 0 aliphatic heterocycles. The largest absolute Gasteiger partial charge is 0.347 e. The molecule has 4 rings (SSSR count). The van der Waals surface area contributed by atoms with Gasteiger partial charge in [0.25, 0.3) is 5.92 Å². The number of rotatable bonds is 6. The van der Waals surface area contributed by atoms with Gasteiger partial charge in [-0.3, -0.25) is 4.99 Å². The van der Waals surface area contributed by atoms with E-state index in [0.29, 0.717) is 29.6 Å². The Labute approximate surface area is 166 Å². The zero-order valence-corrected chi connectivity index (χ0v) is 16.5. The summed E-state index contributed by atoms with van der Waals surface area (Å²) < 4.78 is 43.8. The summed E-state index contributed by atoms with van der Waals surface area (Å²) in [6.07, 6.45) is 4.38. The monoisotopic (exact) mass is 401 g/mol. The highest BCUT2D eigenvalue weighted by Gasteiger charge is 2.46. The third kappa shape index (κ3) is 3.97. The number of fused-ring (bicyclic) bond motifs is 1. The van der Waals surface area contributed by atoms with Crippen molar-refractivity contribution < 1.29 is 13.2 Å². The number of benzene rings is 1. The Bertz CT molecular complexity index is 1070. The van der Waals surface area contributed by atoms with Crippen molar-refractivity contribution in [3.05, 3.63) is 42.0 Å². The summed E-state index contributed by atoms with van der Waals surface area (Å²) >= 11 is 0. The fraction of sp³-hybridized carbons (Fsp3) is 0.381. The van der Waals surface area contributed by atoms with Gasteiger partial charge in [-0.05, 0) is 62.9 Å². The van der Waals surface area contributed by atoms with Crippen LogP contribution < -0.4 is 5.32 Å². The maximum atomic E-state index is 14.6. The summed E-state index contributed by atoms with van der Waals surface area (Å²) in [4.78, 5) is 8.41.